The van der Waals surface area contributed by atoms with E-state index in [0.717, 1.165) is 10.5 Å². The lowest BCUT2D eigenvalue weighted by molar-refractivity contribution is -0.385. The van der Waals surface area contributed by atoms with Gasteiger partial charge in [-0.3, -0.25) is 29.5 Å². The van der Waals surface area contributed by atoms with Crippen molar-refractivity contribution in [3.63, 3.8) is 0 Å². The summed E-state index contributed by atoms with van der Waals surface area (Å²) in [6.07, 6.45) is 0. The van der Waals surface area contributed by atoms with E-state index in [0.29, 0.717) is 13.1 Å². The molecule has 0 aliphatic carbocycles. The van der Waals surface area contributed by atoms with Gasteiger partial charge >= 0.3 is 0 Å². The van der Waals surface area contributed by atoms with Crippen LogP contribution >= 0.6 is 0 Å². The highest BCUT2D eigenvalue weighted by atomic mass is 32.2. The quantitative estimate of drug-likeness (QED) is 0.389. The monoisotopic (exact) mass is 444 g/mol. The Morgan fingerprint density at radius 2 is 1.61 bits per heavy atom. The van der Waals surface area contributed by atoms with Gasteiger partial charge in [-0.1, -0.05) is 23.8 Å². The Kier molecular flexibility index (Phi) is 5.33. The highest BCUT2D eigenvalue weighted by Gasteiger charge is 2.42. The third-order valence-electron chi connectivity index (χ3n) is 5.51. The summed E-state index contributed by atoms with van der Waals surface area (Å²) in [6, 6.07) is 10.6. The van der Waals surface area contributed by atoms with Crippen LogP contribution in [0.5, 0.6) is 0 Å². The zero-order valence-electron chi connectivity index (χ0n) is 16.7. The van der Waals surface area contributed by atoms with Crippen LogP contribution in [0.3, 0.4) is 0 Å². The normalized spacial score (nSPS) is 17.8. The molecule has 0 saturated carbocycles. The van der Waals surface area contributed by atoms with Crippen molar-refractivity contribution >= 4 is 27.5 Å². The SMILES string of the molecule is Cc1ccc(S(=O)(=O)N2CCN(CN3C(=O)c4cccc([N+](=O)[O-])c4C3=O)CC2)cc1. The van der Waals surface area contributed by atoms with E-state index in [1.807, 2.05) is 6.92 Å². The van der Waals surface area contributed by atoms with Crippen molar-refractivity contribution in [3.8, 4) is 0 Å². The van der Waals surface area contributed by atoms with Crippen molar-refractivity contribution < 1.29 is 22.9 Å². The number of carbonyl (C=O) groups excluding carboxylic acids is 2. The summed E-state index contributed by atoms with van der Waals surface area (Å²) in [5.74, 6) is -1.29. The Bertz CT molecular complexity index is 1170. The second-order valence-electron chi connectivity index (χ2n) is 7.47. The maximum Gasteiger partial charge on any atom is 0.282 e. The number of fused-ring (bicyclic) bond motifs is 1. The molecule has 2 aliphatic heterocycles. The number of hydrogen-bond donors (Lipinski definition) is 0. The third kappa shape index (κ3) is 3.71. The maximum absolute atomic E-state index is 12.8. The molecule has 2 heterocycles. The number of sulfonamides is 1. The minimum Gasteiger partial charge on any atom is -0.283 e. The molecule has 0 atom stereocenters. The summed E-state index contributed by atoms with van der Waals surface area (Å²) in [5.41, 5.74) is 0.384. The van der Waals surface area contributed by atoms with E-state index in [4.69, 9.17) is 0 Å². The van der Waals surface area contributed by atoms with E-state index < -0.39 is 32.4 Å². The summed E-state index contributed by atoms with van der Waals surface area (Å²) in [7, 11) is -3.63. The number of piperazine rings is 1. The summed E-state index contributed by atoms with van der Waals surface area (Å²) < 4.78 is 27.0. The average molecular weight is 444 g/mol. The van der Waals surface area contributed by atoms with Crippen LogP contribution in [-0.2, 0) is 10.0 Å². The molecular formula is C20H20N4O6S. The number of nitro benzene ring substituents is 1. The van der Waals surface area contributed by atoms with Crippen molar-refractivity contribution in [2.24, 2.45) is 0 Å². The van der Waals surface area contributed by atoms with Crippen LogP contribution in [0, 0.1) is 17.0 Å². The molecule has 31 heavy (non-hydrogen) atoms. The molecule has 0 aromatic heterocycles. The van der Waals surface area contributed by atoms with Crippen LogP contribution in [0.2, 0.25) is 0 Å². The number of amides is 2. The van der Waals surface area contributed by atoms with Crippen molar-refractivity contribution in [3.05, 3.63) is 69.3 Å². The number of nitro groups is 1. The van der Waals surface area contributed by atoms with Crippen LogP contribution in [0.4, 0.5) is 5.69 Å². The predicted molar refractivity (Wildman–Crippen MR) is 110 cm³/mol. The van der Waals surface area contributed by atoms with Gasteiger partial charge in [-0.15, -0.1) is 0 Å². The van der Waals surface area contributed by atoms with Gasteiger partial charge in [0, 0.05) is 32.2 Å². The standard InChI is InChI=1S/C20H20N4O6S/c1-14-5-7-15(8-6-14)31(29,30)22-11-9-21(10-12-22)13-23-19(25)16-3-2-4-17(24(27)28)18(16)20(23)26/h2-8H,9-13H2,1H3. The van der Waals surface area contributed by atoms with Crippen LogP contribution in [0.25, 0.3) is 0 Å². The molecule has 4 rings (SSSR count). The number of aryl methyl sites for hydroxylation is 1. The molecule has 2 amide bonds. The minimum absolute atomic E-state index is 0.0137. The van der Waals surface area contributed by atoms with E-state index in [9.17, 15) is 28.1 Å². The minimum atomic E-state index is -3.63. The summed E-state index contributed by atoms with van der Waals surface area (Å²) >= 11 is 0. The highest BCUT2D eigenvalue weighted by Crippen LogP contribution is 2.31. The fourth-order valence-corrected chi connectivity index (χ4v) is 5.19. The van der Waals surface area contributed by atoms with Gasteiger partial charge in [0.15, 0.2) is 0 Å². The highest BCUT2D eigenvalue weighted by molar-refractivity contribution is 7.89. The van der Waals surface area contributed by atoms with Gasteiger partial charge in [0.05, 0.1) is 22.1 Å². The van der Waals surface area contributed by atoms with Gasteiger partial charge in [0.1, 0.15) is 5.56 Å². The summed E-state index contributed by atoms with van der Waals surface area (Å²) in [4.78, 5) is 38.9. The largest absolute Gasteiger partial charge is 0.283 e. The molecule has 0 spiro atoms. The first-order chi connectivity index (χ1) is 14.7. The first-order valence-corrected chi connectivity index (χ1v) is 11.1. The van der Waals surface area contributed by atoms with Crippen LogP contribution in [-0.4, -0.2) is 72.1 Å². The number of carbonyl (C=O) groups is 2. The Morgan fingerprint density at radius 3 is 2.23 bits per heavy atom. The molecule has 162 valence electrons. The van der Waals surface area contributed by atoms with Gasteiger partial charge in [-0.05, 0) is 25.1 Å². The van der Waals surface area contributed by atoms with Crippen LogP contribution < -0.4 is 0 Å². The topological polar surface area (TPSA) is 121 Å². The lowest BCUT2D eigenvalue weighted by Crippen LogP contribution is -2.52. The zero-order valence-corrected chi connectivity index (χ0v) is 17.5. The van der Waals surface area contributed by atoms with Crippen LogP contribution in [0.1, 0.15) is 26.3 Å². The Labute approximate surface area is 178 Å². The zero-order chi connectivity index (χ0) is 22.3. The molecule has 0 bridgehead atoms. The van der Waals surface area contributed by atoms with E-state index in [1.54, 1.807) is 29.2 Å². The second kappa shape index (κ2) is 7.84. The van der Waals surface area contributed by atoms with Gasteiger partial charge < -0.3 is 0 Å². The van der Waals surface area contributed by atoms with Gasteiger partial charge in [0.25, 0.3) is 17.5 Å². The van der Waals surface area contributed by atoms with Crippen molar-refractivity contribution in [2.45, 2.75) is 11.8 Å². The van der Waals surface area contributed by atoms with Crippen LogP contribution in [0.15, 0.2) is 47.4 Å². The molecule has 2 aliphatic rings. The Balaban J connectivity index is 1.44. The average Bonchev–Trinajstić information content (AvgIpc) is 2.99. The fraction of sp³-hybridized carbons (Fsp3) is 0.300. The smallest absolute Gasteiger partial charge is 0.282 e. The number of imide groups is 1. The molecule has 1 saturated heterocycles. The van der Waals surface area contributed by atoms with Crippen molar-refractivity contribution in [2.75, 3.05) is 32.8 Å². The first-order valence-electron chi connectivity index (χ1n) is 9.63. The van der Waals surface area contributed by atoms with Gasteiger partial charge in [-0.2, -0.15) is 4.31 Å². The molecule has 2 aromatic rings. The number of nitrogens with zero attached hydrogens (tertiary/aromatic N) is 4. The summed E-state index contributed by atoms with van der Waals surface area (Å²) in [6.45, 7) is 2.88. The van der Waals surface area contributed by atoms with Gasteiger partial charge in [0.2, 0.25) is 10.0 Å². The number of rotatable bonds is 5. The molecular weight excluding hydrogens is 424 g/mol. The number of benzene rings is 2. The number of hydrogen-bond acceptors (Lipinski definition) is 7. The third-order valence-corrected chi connectivity index (χ3v) is 7.42. The van der Waals surface area contributed by atoms with Gasteiger partial charge in [-0.25, -0.2) is 8.42 Å². The molecule has 1 fully saturated rings. The summed E-state index contributed by atoms with van der Waals surface area (Å²) in [5, 5.41) is 11.2. The van der Waals surface area contributed by atoms with Crippen molar-refractivity contribution in [1.29, 1.82) is 0 Å². The first kappa shape index (κ1) is 21.1. The van der Waals surface area contributed by atoms with Crippen molar-refractivity contribution in [1.82, 2.24) is 14.1 Å². The molecule has 0 N–H and O–H groups in total. The lowest BCUT2D eigenvalue weighted by Gasteiger charge is -2.35. The second-order valence-corrected chi connectivity index (χ2v) is 9.41. The molecule has 10 nitrogen and oxygen atoms in total. The van der Waals surface area contributed by atoms with E-state index in [2.05, 4.69) is 0 Å². The molecule has 0 radical (unpaired) electrons. The maximum atomic E-state index is 12.8. The lowest BCUT2D eigenvalue weighted by atomic mass is 10.1. The van der Waals surface area contributed by atoms with E-state index >= 15 is 0 Å². The van der Waals surface area contributed by atoms with E-state index in [1.165, 1.54) is 22.5 Å². The molecule has 2 aromatic carbocycles. The fourth-order valence-electron chi connectivity index (χ4n) is 3.77. The molecule has 0 unspecified atom stereocenters. The van der Waals surface area contributed by atoms with E-state index in [-0.39, 0.29) is 35.8 Å². The Hall–Kier alpha value is -3.15. The predicted octanol–water partition coefficient (Wildman–Crippen LogP) is 1.46. The Morgan fingerprint density at radius 1 is 0.968 bits per heavy atom. The molecule has 11 heteroatoms.